The SMILES string of the molecule is CCCCCN=C(N)N1CC(CCCCC)CCN1. The average Bonchev–Trinajstić information content (AvgIpc) is 2.44. The molecule has 3 N–H and O–H groups in total. The van der Waals surface area contributed by atoms with E-state index in [1.165, 1.54) is 44.9 Å². The Kier molecular flexibility index (Phi) is 8.63. The van der Waals surface area contributed by atoms with Gasteiger partial charge in [0.1, 0.15) is 0 Å². The molecule has 19 heavy (non-hydrogen) atoms. The number of hydrogen-bond acceptors (Lipinski definition) is 2. The Balaban J connectivity index is 2.28. The summed E-state index contributed by atoms with van der Waals surface area (Å²) in [6, 6.07) is 0. The van der Waals surface area contributed by atoms with Crippen LogP contribution >= 0.6 is 0 Å². The van der Waals surface area contributed by atoms with E-state index in [4.69, 9.17) is 5.73 Å². The Morgan fingerprint density at radius 2 is 1.95 bits per heavy atom. The van der Waals surface area contributed by atoms with Gasteiger partial charge in [0.05, 0.1) is 0 Å². The van der Waals surface area contributed by atoms with E-state index in [0.29, 0.717) is 5.96 Å². The smallest absolute Gasteiger partial charge is 0.205 e. The highest BCUT2D eigenvalue weighted by molar-refractivity contribution is 5.77. The van der Waals surface area contributed by atoms with Gasteiger partial charge in [0, 0.05) is 19.6 Å². The maximum absolute atomic E-state index is 6.06. The predicted octanol–water partition coefficient (Wildman–Crippen LogP) is 2.90. The molecule has 4 nitrogen and oxygen atoms in total. The van der Waals surface area contributed by atoms with Gasteiger partial charge in [-0.2, -0.15) is 0 Å². The van der Waals surface area contributed by atoms with Crippen LogP contribution in [-0.2, 0) is 0 Å². The van der Waals surface area contributed by atoms with Gasteiger partial charge in [-0.25, -0.2) is 5.43 Å². The molecule has 0 aliphatic carbocycles. The quantitative estimate of drug-likeness (QED) is 0.404. The largest absolute Gasteiger partial charge is 0.369 e. The highest BCUT2D eigenvalue weighted by Gasteiger charge is 2.20. The van der Waals surface area contributed by atoms with Crippen molar-refractivity contribution in [2.24, 2.45) is 16.6 Å². The van der Waals surface area contributed by atoms with Crippen LogP contribution in [0.1, 0.15) is 65.2 Å². The third kappa shape index (κ3) is 6.81. The number of nitrogens with one attached hydrogen (secondary N) is 1. The van der Waals surface area contributed by atoms with Crippen molar-refractivity contribution in [1.82, 2.24) is 10.4 Å². The van der Waals surface area contributed by atoms with Gasteiger partial charge in [0.15, 0.2) is 0 Å². The molecule has 0 spiro atoms. The van der Waals surface area contributed by atoms with E-state index in [2.05, 4.69) is 29.3 Å². The number of hydrogen-bond donors (Lipinski definition) is 2. The second-order valence-electron chi connectivity index (χ2n) is 5.62. The van der Waals surface area contributed by atoms with Crippen molar-refractivity contribution >= 4 is 5.96 Å². The number of unbranched alkanes of at least 4 members (excludes halogenated alkanes) is 4. The summed E-state index contributed by atoms with van der Waals surface area (Å²) in [4.78, 5) is 4.47. The summed E-state index contributed by atoms with van der Waals surface area (Å²) in [5.74, 6) is 1.45. The average molecular weight is 268 g/mol. The van der Waals surface area contributed by atoms with Crippen LogP contribution in [0.25, 0.3) is 0 Å². The first-order valence-corrected chi connectivity index (χ1v) is 8.08. The molecule has 1 atom stereocenters. The minimum absolute atomic E-state index is 0.677. The van der Waals surface area contributed by atoms with E-state index in [1.807, 2.05) is 0 Å². The highest BCUT2D eigenvalue weighted by atomic mass is 15.6. The van der Waals surface area contributed by atoms with Crippen molar-refractivity contribution in [3.8, 4) is 0 Å². The molecule has 0 aromatic heterocycles. The second kappa shape index (κ2) is 10.1. The summed E-state index contributed by atoms with van der Waals surface area (Å²) in [7, 11) is 0. The summed E-state index contributed by atoms with van der Waals surface area (Å²) in [5.41, 5.74) is 9.42. The van der Waals surface area contributed by atoms with Gasteiger partial charge in [-0.05, 0) is 25.2 Å². The van der Waals surface area contributed by atoms with Crippen molar-refractivity contribution in [2.45, 2.75) is 65.2 Å². The second-order valence-corrected chi connectivity index (χ2v) is 5.62. The van der Waals surface area contributed by atoms with Gasteiger partial charge in [-0.1, -0.05) is 46.0 Å². The lowest BCUT2D eigenvalue weighted by Crippen LogP contribution is -2.53. The third-order valence-electron chi connectivity index (χ3n) is 3.82. The topological polar surface area (TPSA) is 53.6 Å². The van der Waals surface area contributed by atoms with Crippen LogP contribution in [0.5, 0.6) is 0 Å². The highest BCUT2D eigenvalue weighted by Crippen LogP contribution is 2.17. The molecule has 1 fully saturated rings. The first-order valence-electron chi connectivity index (χ1n) is 8.08. The summed E-state index contributed by atoms with van der Waals surface area (Å²) < 4.78 is 0. The normalized spacial score (nSPS) is 20.8. The van der Waals surface area contributed by atoms with Crippen molar-refractivity contribution in [3.05, 3.63) is 0 Å². The van der Waals surface area contributed by atoms with Crippen molar-refractivity contribution < 1.29 is 0 Å². The zero-order valence-corrected chi connectivity index (χ0v) is 12.8. The number of hydrazine groups is 1. The van der Waals surface area contributed by atoms with Crippen LogP contribution in [0.3, 0.4) is 0 Å². The van der Waals surface area contributed by atoms with E-state index in [-0.39, 0.29) is 0 Å². The fourth-order valence-corrected chi connectivity index (χ4v) is 2.55. The molecule has 0 saturated carbocycles. The number of aliphatic imine (C=N–C) groups is 1. The van der Waals surface area contributed by atoms with E-state index in [1.54, 1.807) is 0 Å². The molecule has 0 aromatic carbocycles. The third-order valence-corrected chi connectivity index (χ3v) is 3.82. The lowest BCUT2D eigenvalue weighted by molar-refractivity contribution is 0.184. The van der Waals surface area contributed by atoms with E-state index < -0.39 is 0 Å². The van der Waals surface area contributed by atoms with Gasteiger partial charge >= 0.3 is 0 Å². The molecule has 1 unspecified atom stereocenters. The minimum atomic E-state index is 0.677. The number of guanidine groups is 1. The zero-order valence-electron chi connectivity index (χ0n) is 12.8. The summed E-state index contributed by atoms with van der Waals surface area (Å²) in [6.45, 7) is 7.38. The molecule has 0 radical (unpaired) electrons. The molecule has 1 saturated heterocycles. The first kappa shape index (κ1) is 16.3. The lowest BCUT2D eigenvalue weighted by atomic mass is 9.96. The fraction of sp³-hybridized carbons (Fsp3) is 0.933. The molecular formula is C15H32N4. The van der Waals surface area contributed by atoms with E-state index >= 15 is 0 Å². The Labute approximate surface area is 118 Å². The molecule has 0 amide bonds. The number of nitrogens with two attached hydrogens (primary N) is 1. The molecule has 1 rings (SSSR count). The van der Waals surface area contributed by atoms with Crippen LogP contribution in [0.15, 0.2) is 4.99 Å². The van der Waals surface area contributed by atoms with Crippen LogP contribution in [0.2, 0.25) is 0 Å². The number of rotatable bonds is 8. The first-order chi connectivity index (χ1) is 9.27. The minimum Gasteiger partial charge on any atom is -0.369 e. The van der Waals surface area contributed by atoms with Gasteiger partial charge in [-0.3, -0.25) is 10.0 Å². The molecule has 0 aromatic rings. The summed E-state index contributed by atoms with van der Waals surface area (Å²) >= 11 is 0. The maximum Gasteiger partial charge on any atom is 0.205 e. The molecule has 1 aliphatic rings. The van der Waals surface area contributed by atoms with Gasteiger partial charge in [0.25, 0.3) is 0 Å². The Morgan fingerprint density at radius 3 is 2.68 bits per heavy atom. The molecule has 4 heteroatoms. The Hall–Kier alpha value is -0.770. The van der Waals surface area contributed by atoms with Crippen LogP contribution < -0.4 is 11.2 Å². The standard InChI is InChI=1S/C15H32N4/c1-3-5-7-9-14-10-12-18-19(13-14)15(16)17-11-8-6-4-2/h14,18H,3-13H2,1-2H3,(H2,16,17). The lowest BCUT2D eigenvalue weighted by Gasteiger charge is -2.34. The molecule has 0 bridgehead atoms. The van der Waals surface area contributed by atoms with Crippen LogP contribution in [0, 0.1) is 5.92 Å². The van der Waals surface area contributed by atoms with E-state index in [9.17, 15) is 0 Å². The van der Waals surface area contributed by atoms with Crippen LogP contribution in [-0.4, -0.2) is 30.6 Å². The molecule has 1 aliphatic heterocycles. The van der Waals surface area contributed by atoms with Crippen molar-refractivity contribution in [1.29, 1.82) is 0 Å². The van der Waals surface area contributed by atoms with Crippen LogP contribution in [0.4, 0.5) is 0 Å². The van der Waals surface area contributed by atoms with Crippen molar-refractivity contribution in [2.75, 3.05) is 19.6 Å². The monoisotopic (exact) mass is 268 g/mol. The van der Waals surface area contributed by atoms with E-state index in [0.717, 1.165) is 32.0 Å². The van der Waals surface area contributed by atoms with Gasteiger partial charge in [0.2, 0.25) is 5.96 Å². The Bertz CT molecular complexity index is 253. The summed E-state index contributed by atoms with van der Waals surface area (Å²) in [6.07, 6.45) is 10.2. The molecule has 1 heterocycles. The van der Waals surface area contributed by atoms with Crippen molar-refractivity contribution in [3.63, 3.8) is 0 Å². The fourth-order valence-electron chi connectivity index (χ4n) is 2.55. The zero-order chi connectivity index (χ0) is 13.9. The number of nitrogens with zero attached hydrogens (tertiary/aromatic N) is 2. The molecular weight excluding hydrogens is 236 g/mol. The van der Waals surface area contributed by atoms with Gasteiger partial charge < -0.3 is 5.73 Å². The predicted molar refractivity (Wildman–Crippen MR) is 83.0 cm³/mol. The Morgan fingerprint density at radius 1 is 1.21 bits per heavy atom. The molecule has 112 valence electrons. The maximum atomic E-state index is 6.06. The van der Waals surface area contributed by atoms with Gasteiger partial charge in [-0.15, -0.1) is 0 Å². The summed E-state index contributed by atoms with van der Waals surface area (Å²) in [5, 5.41) is 2.06.